The summed E-state index contributed by atoms with van der Waals surface area (Å²) in [5.41, 5.74) is 0.317. The number of nitrogens with one attached hydrogen (secondary N) is 1. The van der Waals surface area contributed by atoms with Crippen molar-refractivity contribution in [2.24, 2.45) is 10.9 Å². The van der Waals surface area contributed by atoms with E-state index >= 15 is 0 Å². The second kappa shape index (κ2) is 6.31. The number of rotatable bonds is 4. The van der Waals surface area contributed by atoms with Gasteiger partial charge in [-0.3, -0.25) is 4.79 Å². The predicted molar refractivity (Wildman–Crippen MR) is 77.6 cm³/mol. The van der Waals surface area contributed by atoms with Crippen LogP contribution in [-0.2, 0) is 4.79 Å². The van der Waals surface area contributed by atoms with Gasteiger partial charge in [-0.05, 0) is 18.2 Å². The van der Waals surface area contributed by atoms with Crippen LogP contribution < -0.4 is 5.32 Å². The average Bonchev–Trinajstić information content (AvgIpc) is 2.47. The van der Waals surface area contributed by atoms with Gasteiger partial charge in [0.15, 0.2) is 0 Å². The zero-order valence-electron chi connectivity index (χ0n) is 10.9. The number of carbonyl (C=O) groups excluding carboxylic acids is 1. The van der Waals surface area contributed by atoms with E-state index in [1.807, 2.05) is 6.07 Å². The van der Waals surface area contributed by atoms with E-state index in [1.165, 1.54) is 0 Å². The highest BCUT2D eigenvalue weighted by Crippen LogP contribution is 2.21. The zero-order chi connectivity index (χ0) is 14.5. The molecule has 6 heteroatoms. The first-order valence-electron chi connectivity index (χ1n) is 6.21. The minimum atomic E-state index is -0.429. The summed E-state index contributed by atoms with van der Waals surface area (Å²) >= 11 is 6.17. The van der Waals surface area contributed by atoms with Crippen LogP contribution in [0.4, 0.5) is 5.82 Å². The van der Waals surface area contributed by atoms with Crippen LogP contribution in [0.15, 0.2) is 35.1 Å². The van der Waals surface area contributed by atoms with Crippen molar-refractivity contribution in [3.05, 3.63) is 35.8 Å². The van der Waals surface area contributed by atoms with Gasteiger partial charge in [-0.25, -0.2) is 9.98 Å². The van der Waals surface area contributed by atoms with E-state index in [0.29, 0.717) is 23.8 Å². The van der Waals surface area contributed by atoms with Gasteiger partial charge in [0.1, 0.15) is 29.2 Å². The largest absolute Gasteiger partial charge is 0.325 e. The van der Waals surface area contributed by atoms with Crippen molar-refractivity contribution in [2.45, 2.75) is 18.7 Å². The molecule has 0 saturated heterocycles. The summed E-state index contributed by atoms with van der Waals surface area (Å²) in [5, 5.41) is 11.3. The number of allylic oxidation sites excluding steroid dienone is 1. The van der Waals surface area contributed by atoms with Gasteiger partial charge in [-0.1, -0.05) is 13.0 Å². The number of pyridine rings is 1. The van der Waals surface area contributed by atoms with Gasteiger partial charge >= 0.3 is 0 Å². The van der Waals surface area contributed by atoms with Crippen molar-refractivity contribution in [2.75, 3.05) is 5.32 Å². The fourth-order valence-electron chi connectivity index (χ4n) is 1.81. The Morgan fingerprint density at radius 2 is 2.35 bits per heavy atom. The van der Waals surface area contributed by atoms with Gasteiger partial charge in [-0.15, -0.1) is 11.6 Å². The summed E-state index contributed by atoms with van der Waals surface area (Å²) in [7, 11) is 0. The first-order valence-corrected chi connectivity index (χ1v) is 6.64. The summed E-state index contributed by atoms with van der Waals surface area (Å²) in [4.78, 5) is 19.9. The molecule has 1 aliphatic heterocycles. The average molecular weight is 289 g/mol. The Morgan fingerprint density at radius 1 is 1.55 bits per heavy atom. The van der Waals surface area contributed by atoms with Crippen molar-refractivity contribution in [1.29, 1.82) is 5.26 Å². The Bertz CT molecular complexity index is 618. The van der Waals surface area contributed by atoms with Crippen LogP contribution in [0.5, 0.6) is 0 Å². The predicted octanol–water partition coefficient (Wildman–Crippen LogP) is 2.49. The second-order valence-corrected chi connectivity index (χ2v) is 4.77. The fourth-order valence-corrected chi connectivity index (χ4v) is 2.13. The topological polar surface area (TPSA) is 78.1 Å². The maximum absolute atomic E-state index is 11.7. The van der Waals surface area contributed by atoms with Crippen molar-refractivity contribution < 1.29 is 4.79 Å². The number of ketones is 1. The minimum absolute atomic E-state index is 0.0636. The molecule has 1 aromatic rings. The lowest BCUT2D eigenvalue weighted by atomic mass is 9.97. The Labute approximate surface area is 122 Å². The molecule has 0 amide bonds. The monoisotopic (exact) mass is 288 g/mol. The number of aromatic nitrogens is 1. The molecule has 2 unspecified atom stereocenters. The molecule has 1 aromatic heterocycles. The van der Waals surface area contributed by atoms with Crippen LogP contribution in [-0.4, -0.2) is 22.4 Å². The fraction of sp³-hybridized carbons (Fsp3) is 0.286. The molecule has 1 aliphatic rings. The van der Waals surface area contributed by atoms with Crippen LogP contribution in [0.1, 0.15) is 19.0 Å². The molecule has 0 radical (unpaired) electrons. The molecule has 102 valence electrons. The molecule has 0 aromatic carbocycles. The third kappa shape index (κ3) is 3.22. The molecule has 2 atom stereocenters. The van der Waals surface area contributed by atoms with Crippen LogP contribution in [0, 0.1) is 17.2 Å². The zero-order valence-corrected chi connectivity index (χ0v) is 11.6. The van der Waals surface area contributed by atoms with E-state index in [0.717, 1.165) is 0 Å². The number of Topliss-reactive ketones (excluding diaryl/α,β-unsaturated/α-hetero) is 1. The first-order chi connectivity index (χ1) is 9.63. The number of aliphatic imine (C=N–C) groups is 1. The molecule has 20 heavy (non-hydrogen) atoms. The van der Waals surface area contributed by atoms with Crippen LogP contribution in [0.3, 0.4) is 0 Å². The van der Waals surface area contributed by atoms with Gasteiger partial charge in [0.2, 0.25) is 0 Å². The van der Waals surface area contributed by atoms with Gasteiger partial charge in [0.25, 0.3) is 0 Å². The molecule has 0 spiro atoms. The molecule has 0 aliphatic carbocycles. The van der Waals surface area contributed by atoms with Gasteiger partial charge < -0.3 is 5.32 Å². The van der Waals surface area contributed by atoms with E-state index in [1.54, 1.807) is 37.4 Å². The SMILES string of the molecule is CCC(=O)C1C=NC(Nc2cccc(C#N)n2)=CC1Cl. The molecular weight excluding hydrogens is 276 g/mol. The van der Waals surface area contributed by atoms with Crippen molar-refractivity contribution in [1.82, 2.24) is 4.98 Å². The number of nitriles is 1. The lowest BCUT2D eigenvalue weighted by Gasteiger charge is -2.19. The number of halogens is 1. The normalized spacial score (nSPS) is 20.9. The lowest BCUT2D eigenvalue weighted by molar-refractivity contribution is -0.120. The second-order valence-electron chi connectivity index (χ2n) is 4.27. The van der Waals surface area contributed by atoms with Crippen molar-refractivity contribution in [3.8, 4) is 6.07 Å². The van der Waals surface area contributed by atoms with Gasteiger partial charge in [0, 0.05) is 12.6 Å². The molecule has 2 heterocycles. The lowest BCUT2D eigenvalue weighted by Crippen LogP contribution is -2.27. The van der Waals surface area contributed by atoms with Crippen molar-refractivity contribution >= 4 is 29.4 Å². The first kappa shape index (κ1) is 14.2. The quantitative estimate of drug-likeness (QED) is 0.863. The smallest absolute Gasteiger partial charge is 0.142 e. The molecular formula is C14H13ClN4O. The molecule has 1 N–H and O–H groups in total. The number of anilines is 1. The highest BCUT2D eigenvalue weighted by Gasteiger charge is 2.25. The third-order valence-electron chi connectivity index (χ3n) is 2.87. The maximum Gasteiger partial charge on any atom is 0.142 e. The third-order valence-corrected chi connectivity index (χ3v) is 3.27. The Morgan fingerprint density at radius 3 is 3.00 bits per heavy atom. The van der Waals surface area contributed by atoms with Crippen molar-refractivity contribution in [3.63, 3.8) is 0 Å². The van der Waals surface area contributed by atoms with E-state index in [-0.39, 0.29) is 11.7 Å². The number of carbonyl (C=O) groups is 1. The Kier molecular flexibility index (Phi) is 4.49. The van der Waals surface area contributed by atoms with E-state index in [9.17, 15) is 4.79 Å². The summed E-state index contributed by atoms with van der Waals surface area (Å²) < 4.78 is 0. The number of alkyl halides is 1. The van der Waals surface area contributed by atoms with Crippen LogP contribution in [0.25, 0.3) is 0 Å². The highest BCUT2D eigenvalue weighted by molar-refractivity contribution is 6.25. The van der Waals surface area contributed by atoms with Crippen LogP contribution >= 0.6 is 11.6 Å². The molecule has 0 bridgehead atoms. The summed E-state index contributed by atoms with van der Waals surface area (Å²) in [6.45, 7) is 1.80. The Hall–Kier alpha value is -2.19. The molecule has 0 saturated carbocycles. The van der Waals surface area contributed by atoms with E-state index in [4.69, 9.17) is 16.9 Å². The standard InChI is InChI=1S/C14H13ClN4O/c1-2-12(20)10-8-17-14(6-11(10)15)19-13-5-3-4-9(7-16)18-13/h3-6,8,10-11H,2H2,1H3,(H,18,19). The van der Waals surface area contributed by atoms with E-state index in [2.05, 4.69) is 15.3 Å². The molecule has 5 nitrogen and oxygen atoms in total. The van der Waals surface area contributed by atoms with E-state index < -0.39 is 5.38 Å². The Balaban J connectivity index is 2.11. The van der Waals surface area contributed by atoms with Crippen LogP contribution in [0.2, 0.25) is 0 Å². The summed E-state index contributed by atoms with van der Waals surface area (Å²) in [6, 6.07) is 7.03. The number of nitrogens with zero attached hydrogens (tertiary/aromatic N) is 3. The number of hydrogen-bond acceptors (Lipinski definition) is 5. The summed E-state index contributed by atoms with van der Waals surface area (Å²) in [6.07, 6.45) is 3.67. The van der Waals surface area contributed by atoms with Gasteiger partial charge in [-0.2, -0.15) is 5.26 Å². The molecule has 2 rings (SSSR count). The van der Waals surface area contributed by atoms with Gasteiger partial charge in [0.05, 0.1) is 11.3 Å². The molecule has 0 fully saturated rings. The summed E-state index contributed by atoms with van der Waals surface area (Å²) in [5.74, 6) is 0.712. The minimum Gasteiger partial charge on any atom is -0.325 e. The maximum atomic E-state index is 11.7. The number of hydrogen-bond donors (Lipinski definition) is 1. The highest BCUT2D eigenvalue weighted by atomic mass is 35.5.